The molecular weight excluding hydrogens is 388 g/mol. The second kappa shape index (κ2) is 9.45. The van der Waals surface area contributed by atoms with Gasteiger partial charge in [-0.25, -0.2) is 0 Å². The molecule has 0 saturated carbocycles. The lowest BCUT2D eigenvalue weighted by Gasteiger charge is -2.36. The molecule has 7 heteroatoms. The molecule has 0 aliphatic carbocycles. The second-order valence-corrected chi connectivity index (χ2v) is 9.51. The van der Waals surface area contributed by atoms with E-state index in [4.69, 9.17) is 11.6 Å². The molecular formula is C22H33ClN4O2. The number of carbonyl (C=O) groups excluding carboxylic acids is 2. The first-order valence-corrected chi connectivity index (χ1v) is 10.9. The molecule has 2 aliphatic rings. The fourth-order valence-corrected chi connectivity index (χ4v) is 4.46. The van der Waals surface area contributed by atoms with Crippen molar-refractivity contribution in [3.05, 3.63) is 34.9 Å². The Morgan fingerprint density at radius 3 is 2.41 bits per heavy atom. The monoisotopic (exact) mass is 420 g/mol. The molecule has 1 unspecified atom stereocenters. The summed E-state index contributed by atoms with van der Waals surface area (Å²) in [4.78, 5) is 31.3. The molecule has 1 atom stereocenters. The van der Waals surface area contributed by atoms with Gasteiger partial charge in [0.2, 0.25) is 11.8 Å². The number of rotatable bonds is 5. The van der Waals surface area contributed by atoms with E-state index < -0.39 is 0 Å². The fourth-order valence-electron chi connectivity index (χ4n) is 4.20. The van der Waals surface area contributed by atoms with Gasteiger partial charge >= 0.3 is 0 Å². The van der Waals surface area contributed by atoms with Crippen molar-refractivity contribution in [2.75, 3.05) is 45.8 Å². The number of likely N-dealkylation sites (tertiary alicyclic amines) is 1. The lowest BCUT2D eigenvalue weighted by atomic mass is 10.0. The minimum Gasteiger partial charge on any atom is -0.350 e. The van der Waals surface area contributed by atoms with E-state index in [0.29, 0.717) is 26.2 Å². The van der Waals surface area contributed by atoms with E-state index >= 15 is 0 Å². The SMILES string of the molecule is CC(C)(C)NC(=O)CN1CCN(C(=O)CN2CCCC2c2ccccc2Cl)CC1. The maximum Gasteiger partial charge on any atom is 0.236 e. The number of amides is 2. The van der Waals surface area contributed by atoms with Crippen molar-refractivity contribution >= 4 is 23.4 Å². The molecule has 1 N–H and O–H groups in total. The highest BCUT2D eigenvalue weighted by atomic mass is 35.5. The average Bonchev–Trinajstić information content (AvgIpc) is 3.09. The highest BCUT2D eigenvalue weighted by Crippen LogP contribution is 2.35. The third-order valence-corrected chi connectivity index (χ3v) is 5.92. The number of halogens is 1. The molecule has 1 aromatic rings. The van der Waals surface area contributed by atoms with Crippen LogP contribution in [0.4, 0.5) is 0 Å². The number of piperazine rings is 1. The van der Waals surface area contributed by atoms with Crippen molar-refractivity contribution in [1.29, 1.82) is 0 Å². The van der Waals surface area contributed by atoms with Gasteiger partial charge in [-0.05, 0) is 51.8 Å². The Morgan fingerprint density at radius 1 is 1.07 bits per heavy atom. The van der Waals surface area contributed by atoms with Crippen LogP contribution in [0, 0.1) is 0 Å². The Balaban J connectivity index is 1.48. The summed E-state index contributed by atoms with van der Waals surface area (Å²) < 4.78 is 0. The molecule has 160 valence electrons. The van der Waals surface area contributed by atoms with Gasteiger partial charge in [-0.1, -0.05) is 29.8 Å². The van der Waals surface area contributed by atoms with Crippen LogP contribution >= 0.6 is 11.6 Å². The summed E-state index contributed by atoms with van der Waals surface area (Å²) in [5.41, 5.74) is 0.900. The zero-order chi connectivity index (χ0) is 21.0. The Hall–Kier alpha value is -1.63. The first-order valence-electron chi connectivity index (χ1n) is 10.5. The highest BCUT2D eigenvalue weighted by Gasteiger charge is 2.31. The van der Waals surface area contributed by atoms with Crippen LogP contribution in [0.2, 0.25) is 5.02 Å². The Bertz CT molecular complexity index is 726. The third-order valence-electron chi connectivity index (χ3n) is 5.57. The molecule has 0 aromatic heterocycles. The summed E-state index contributed by atoms with van der Waals surface area (Å²) in [5, 5.41) is 3.77. The lowest BCUT2D eigenvalue weighted by Crippen LogP contribution is -2.54. The summed E-state index contributed by atoms with van der Waals surface area (Å²) in [6.45, 7) is 10.5. The summed E-state index contributed by atoms with van der Waals surface area (Å²) in [6, 6.07) is 8.16. The second-order valence-electron chi connectivity index (χ2n) is 9.11. The maximum absolute atomic E-state index is 12.9. The summed E-state index contributed by atoms with van der Waals surface area (Å²) >= 11 is 6.39. The van der Waals surface area contributed by atoms with E-state index in [-0.39, 0.29) is 23.4 Å². The number of benzene rings is 1. The number of hydrogen-bond acceptors (Lipinski definition) is 4. The van der Waals surface area contributed by atoms with Crippen LogP contribution in [0.25, 0.3) is 0 Å². The molecule has 3 rings (SSSR count). The van der Waals surface area contributed by atoms with Gasteiger partial charge in [0.15, 0.2) is 0 Å². The quantitative estimate of drug-likeness (QED) is 0.795. The molecule has 2 saturated heterocycles. The molecule has 0 radical (unpaired) electrons. The molecule has 2 heterocycles. The zero-order valence-electron chi connectivity index (χ0n) is 17.8. The number of carbonyl (C=O) groups is 2. The van der Waals surface area contributed by atoms with Gasteiger partial charge in [0.05, 0.1) is 13.1 Å². The van der Waals surface area contributed by atoms with Crippen LogP contribution in [0.15, 0.2) is 24.3 Å². The zero-order valence-corrected chi connectivity index (χ0v) is 18.5. The topological polar surface area (TPSA) is 55.9 Å². The Morgan fingerprint density at radius 2 is 1.76 bits per heavy atom. The molecule has 2 amide bonds. The molecule has 29 heavy (non-hydrogen) atoms. The average molecular weight is 421 g/mol. The molecule has 1 aromatic carbocycles. The smallest absolute Gasteiger partial charge is 0.236 e. The van der Waals surface area contributed by atoms with Gasteiger partial charge in [0.25, 0.3) is 0 Å². The third kappa shape index (κ3) is 6.17. The molecule has 0 spiro atoms. The predicted octanol–water partition coefficient (Wildman–Crippen LogP) is 2.54. The van der Waals surface area contributed by atoms with E-state index in [1.807, 2.05) is 43.9 Å². The van der Waals surface area contributed by atoms with Gasteiger partial charge in [0.1, 0.15) is 0 Å². The normalized spacial score (nSPS) is 21.4. The van der Waals surface area contributed by atoms with Crippen LogP contribution < -0.4 is 5.32 Å². The van der Waals surface area contributed by atoms with Crippen LogP contribution in [0.1, 0.15) is 45.2 Å². The highest BCUT2D eigenvalue weighted by molar-refractivity contribution is 6.31. The van der Waals surface area contributed by atoms with Gasteiger partial charge in [-0.2, -0.15) is 0 Å². The number of hydrogen-bond donors (Lipinski definition) is 1. The summed E-state index contributed by atoms with van der Waals surface area (Å²) in [7, 11) is 0. The number of nitrogens with zero attached hydrogens (tertiary/aromatic N) is 3. The van der Waals surface area contributed by atoms with Gasteiger partial charge in [-0.15, -0.1) is 0 Å². The van der Waals surface area contributed by atoms with Crippen molar-refractivity contribution in [2.45, 2.75) is 45.2 Å². The van der Waals surface area contributed by atoms with Crippen molar-refractivity contribution in [3.63, 3.8) is 0 Å². The fraction of sp³-hybridized carbons (Fsp3) is 0.636. The molecule has 2 fully saturated rings. The summed E-state index contributed by atoms with van der Waals surface area (Å²) in [5.74, 6) is 0.208. The van der Waals surface area contributed by atoms with E-state index in [0.717, 1.165) is 43.1 Å². The van der Waals surface area contributed by atoms with Gasteiger partial charge in [0, 0.05) is 42.8 Å². The van der Waals surface area contributed by atoms with Crippen LogP contribution in [0.5, 0.6) is 0 Å². The van der Waals surface area contributed by atoms with E-state index in [1.165, 1.54) is 0 Å². The van der Waals surface area contributed by atoms with E-state index in [2.05, 4.69) is 21.2 Å². The minimum atomic E-state index is -0.219. The van der Waals surface area contributed by atoms with Crippen LogP contribution in [-0.2, 0) is 9.59 Å². The van der Waals surface area contributed by atoms with Crippen LogP contribution in [0.3, 0.4) is 0 Å². The first-order chi connectivity index (χ1) is 13.7. The minimum absolute atomic E-state index is 0.0388. The Kier molecular flexibility index (Phi) is 7.19. The van der Waals surface area contributed by atoms with Gasteiger partial charge in [-0.3, -0.25) is 19.4 Å². The summed E-state index contributed by atoms with van der Waals surface area (Å²) in [6.07, 6.45) is 2.12. The lowest BCUT2D eigenvalue weighted by molar-refractivity contribution is -0.134. The van der Waals surface area contributed by atoms with Crippen LogP contribution in [-0.4, -0.2) is 77.9 Å². The van der Waals surface area contributed by atoms with Gasteiger partial charge < -0.3 is 10.2 Å². The number of nitrogens with one attached hydrogen (secondary N) is 1. The maximum atomic E-state index is 12.9. The molecule has 2 aliphatic heterocycles. The van der Waals surface area contributed by atoms with E-state index in [1.54, 1.807) is 0 Å². The Labute approximate surface area is 179 Å². The molecule has 6 nitrogen and oxygen atoms in total. The standard InChI is InChI=1S/C22H33ClN4O2/c1-22(2,3)24-20(28)15-25-11-13-26(14-12-25)21(29)16-27-10-6-9-19(27)17-7-4-5-8-18(17)23/h4-5,7-8,19H,6,9-16H2,1-3H3,(H,24,28). The van der Waals surface area contributed by atoms with Crippen molar-refractivity contribution < 1.29 is 9.59 Å². The largest absolute Gasteiger partial charge is 0.350 e. The van der Waals surface area contributed by atoms with Crippen molar-refractivity contribution in [1.82, 2.24) is 20.0 Å². The van der Waals surface area contributed by atoms with Crippen molar-refractivity contribution in [2.24, 2.45) is 0 Å². The molecule has 0 bridgehead atoms. The first kappa shape index (κ1) is 22.1. The predicted molar refractivity (Wildman–Crippen MR) is 116 cm³/mol. The van der Waals surface area contributed by atoms with E-state index in [9.17, 15) is 9.59 Å². The van der Waals surface area contributed by atoms with Crippen molar-refractivity contribution in [3.8, 4) is 0 Å².